The molecule has 0 aliphatic rings. The smallest absolute Gasteiger partial charge is 0.0491 e. The van der Waals surface area contributed by atoms with Crippen molar-refractivity contribution in [3.05, 3.63) is 168 Å². The maximum atomic E-state index is 2.36. The van der Waals surface area contributed by atoms with Crippen LogP contribution < -0.4 is 9.80 Å². The molecule has 41 heavy (non-hydrogen) atoms. The van der Waals surface area contributed by atoms with Gasteiger partial charge in [0, 0.05) is 34.1 Å². The molecule has 6 aromatic rings. The highest BCUT2D eigenvalue weighted by molar-refractivity contribution is 5.83. The maximum Gasteiger partial charge on any atom is 0.0491 e. The third-order valence-corrected chi connectivity index (χ3v) is 7.64. The second kappa shape index (κ2) is 11.6. The predicted octanol–water partition coefficient (Wildman–Crippen LogP) is 11.2. The van der Waals surface area contributed by atoms with Crippen LogP contribution in [0.5, 0.6) is 0 Å². The molecule has 6 rings (SSSR count). The van der Waals surface area contributed by atoms with E-state index in [-0.39, 0.29) is 0 Å². The molecule has 0 fully saturated rings. The zero-order valence-electron chi connectivity index (χ0n) is 23.8. The standard InChI is InChI=1S/C39H34N2/c1-29-14-10-12-20-37(29)40(34-16-6-4-7-17-34)36-25-22-32(23-26-36)33-24-27-39(31(3)28-33)41(35-18-8-5-9-19-35)38-21-13-11-15-30(38)2/h4-28H,1-3H3. The molecule has 0 N–H and O–H groups in total. The van der Waals surface area contributed by atoms with Crippen molar-refractivity contribution < 1.29 is 0 Å². The van der Waals surface area contributed by atoms with Crippen molar-refractivity contribution in [3.8, 4) is 11.1 Å². The van der Waals surface area contributed by atoms with Gasteiger partial charge in [-0.05, 0) is 109 Å². The Hall–Kier alpha value is -5.08. The fraction of sp³-hybridized carbons (Fsp3) is 0.0769. The lowest BCUT2D eigenvalue weighted by Gasteiger charge is -2.29. The summed E-state index contributed by atoms with van der Waals surface area (Å²) in [6.45, 7) is 6.54. The first-order valence-corrected chi connectivity index (χ1v) is 14.1. The van der Waals surface area contributed by atoms with Gasteiger partial charge >= 0.3 is 0 Å². The van der Waals surface area contributed by atoms with E-state index in [1.54, 1.807) is 0 Å². The van der Waals surface area contributed by atoms with Crippen LogP contribution in [0.15, 0.2) is 152 Å². The van der Waals surface area contributed by atoms with E-state index in [9.17, 15) is 0 Å². The van der Waals surface area contributed by atoms with Crippen LogP contribution in [0, 0.1) is 20.8 Å². The van der Waals surface area contributed by atoms with E-state index in [0.717, 1.165) is 17.1 Å². The Morgan fingerprint density at radius 1 is 0.317 bits per heavy atom. The molecule has 2 heteroatoms. The highest BCUT2D eigenvalue weighted by Gasteiger charge is 2.17. The van der Waals surface area contributed by atoms with Gasteiger partial charge in [-0.2, -0.15) is 0 Å². The molecule has 0 aliphatic heterocycles. The summed E-state index contributed by atoms with van der Waals surface area (Å²) in [6.07, 6.45) is 0. The molecular formula is C39H34N2. The lowest BCUT2D eigenvalue weighted by Crippen LogP contribution is -2.12. The average molecular weight is 531 g/mol. The summed E-state index contributed by atoms with van der Waals surface area (Å²) >= 11 is 0. The van der Waals surface area contributed by atoms with Crippen LogP contribution in [0.25, 0.3) is 11.1 Å². The van der Waals surface area contributed by atoms with Crippen LogP contribution in [0.2, 0.25) is 0 Å². The zero-order chi connectivity index (χ0) is 28.2. The molecule has 0 unspecified atom stereocenters. The summed E-state index contributed by atoms with van der Waals surface area (Å²) < 4.78 is 0. The summed E-state index contributed by atoms with van der Waals surface area (Å²) in [5.41, 5.74) is 13.1. The van der Waals surface area contributed by atoms with Crippen LogP contribution in [0.1, 0.15) is 16.7 Å². The number of anilines is 6. The van der Waals surface area contributed by atoms with E-state index in [0.29, 0.717) is 0 Å². The second-order valence-electron chi connectivity index (χ2n) is 10.5. The average Bonchev–Trinajstić information content (AvgIpc) is 3.01. The van der Waals surface area contributed by atoms with Crippen molar-refractivity contribution in [1.29, 1.82) is 0 Å². The van der Waals surface area contributed by atoms with E-state index >= 15 is 0 Å². The van der Waals surface area contributed by atoms with Crippen molar-refractivity contribution in [2.45, 2.75) is 20.8 Å². The summed E-state index contributed by atoms with van der Waals surface area (Å²) in [5, 5.41) is 0. The molecule has 6 aromatic carbocycles. The molecule has 2 nitrogen and oxygen atoms in total. The van der Waals surface area contributed by atoms with E-state index < -0.39 is 0 Å². The summed E-state index contributed by atoms with van der Waals surface area (Å²) in [4.78, 5) is 4.69. The highest BCUT2D eigenvalue weighted by atomic mass is 15.1. The van der Waals surface area contributed by atoms with Crippen LogP contribution >= 0.6 is 0 Å². The zero-order valence-corrected chi connectivity index (χ0v) is 23.8. The van der Waals surface area contributed by atoms with Gasteiger partial charge in [0.1, 0.15) is 0 Å². The van der Waals surface area contributed by atoms with Crippen LogP contribution in [-0.4, -0.2) is 0 Å². The van der Waals surface area contributed by atoms with Gasteiger partial charge in [0.15, 0.2) is 0 Å². The lowest BCUT2D eigenvalue weighted by atomic mass is 10.00. The summed E-state index contributed by atoms with van der Waals surface area (Å²) in [6, 6.07) is 54.0. The molecule has 0 radical (unpaired) electrons. The van der Waals surface area contributed by atoms with Crippen molar-refractivity contribution in [1.82, 2.24) is 0 Å². The Morgan fingerprint density at radius 3 is 1.27 bits per heavy atom. The fourth-order valence-corrected chi connectivity index (χ4v) is 5.51. The predicted molar refractivity (Wildman–Crippen MR) is 175 cm³/mol. The van der Waals surface area contributed by atoms with Gasteiger partial charge in [0.05, 0.1) is 0 Å². The van der Waals surface area contributed by atoms with Gasteiger partial charge in [0.2, 0.25) is 0 Å². The fourth-order valence-electron chi connectivity index (χ4n) is 5.51. The molecule has 0 spiro atoms. The molecule has 0 amide bonds. The van der Waals surface area contributed by atoms with E-state index in [2.05, 4.69) is 182 Å². The van der Waals surface area contributed by atoms with Crippen molar-refractivity contribution in [3.63, 3.8) is 0 Å². The maximum absolute atomic E-state index is 2.36. The van der Waals surface area contributed by atoms with Gasteiger partial charge in [-0.3, -0.25) is 0 Å². The Labute approximate surface area is 243 Å². The van der Waals surface area contributed by atoms with E-state index in [1.165, 1.54) is 44.9 Å². The number of para-hydroxylation sites is 4. The third kappa shape index (κ3) is 5.37. The van der Waals surface area contributed by atoms with Gasteiger partial charge in [-0.1, -0.05) is 91.0 Å². The van der Waals surface area contributed by atoms with Crippen LogP contribution in [0.4, 0.5) is 34.1 Å². The Morgan fingerprint density at radius 2 is 0.732 bits per heavy atom. The van der Waals surface area contributed by atoms with Crippen molar-refractivity contribution in [2.24, 2.45) is 0 Å². The van der Waals surface area contributed by atoms with Crippen LogP contribution in [-0.2, 0) is 0 Å². The van der Waals surface area contributed by atoms with Crippen LogP contribution in [0.3, 0.4) is 0 Å². The van der Waals surface area contributed by atoms with Gasteiger partial charge < -0.3 is 9.80 Å². The minimum absolute atomic E-state index is 1.14. The molecule has 0 aromatic heterocycles. The summed E-state index contributed by atoms with van der Waals surface area (Å²) in [5.74, 6) is 0. The van der Waals surface area contributed by atoms with Gasteiger partial charge in [-0.25, -0.2) is 0 Å². The number of benzene rings is 6. The SMILES string of the molecule is Cc1ccccc1N(c1ccccc1)c1ccc(-c2ccc(N(c3ccccc3)c3ccccc3C)c(C)c2)cc1. The minimum atomic E-state index is 1.14. The first-order valence-electron chi connectivity index (χ1n) is 14.1. The van der Waals surface area contributed by atoms with Gasteiger partial charge in [0.25, 0.3) is 0 Å². The van der Waals surface area contributed by atoms with Crippen molar-refractivity contribution in [2.75, 3.05) is 9.80 Å². The number of nitrogens with zero attached hydrogens (tertiary/aromatic N) is 2. The van der Waals surface area contributed by atoms with Gasteiger partial charge in [-0.15, -0.1) is 0 Å². The number of aryl methyl sites for hydroxylation is 3. The molecule has 200 valence electrons. The molecule has 0 bridgehead atoms. The normalized spacial score (nSPS) is 10.8. The molecule has 0 aliphatic carbocycles. The topological polar surface area (TPSA) is 6.48 Å². The van der Waals surface area contributed by atoms with Crippen molar-refractivity contribution >= 4 is 34.1 Å². The first kappa shape index (κ1) is 26.2. The molecule has 0 saturated carbocycles. The first-order chi connectivity index (χ1) is 20.1. The Balaban J connectivity index is 1.37. The Kier molecular flexibility index (Phi) is 7.38. The molecule has 0 heterocycles. The van der Waals surface area contributed by atoms with E-state index in [4.69, 9.17) is 0 Å². The lowest BCUT2D eigenvalue weighted by molar-refractivity contribution is 1.23. The van der Waals surface area contributed by atoms with E-state index in [1.807, 2.05) is 0 Å². The Bertz CT molecular complexity index is 1760. The number of rotatable bonds is 7. The highest BCUT2D eigenvalue weighted by Crippen LogP contribution is 2.40. The molecular weight excluding hydrogens is 496 g/mol. The largest absolute Gasteiger partial charge is 0.310 e. The number of hydrogen-bond donors (Lipinski definition) is 0. The third-order valence-electron chi connectivity index (χ3n) is 7.64. The minimum Gasteiger partial charge on any atom is -0.310 e. The quantitative estimate of drug-likeness (QED) is 0.202. The second-order valence-corrected chi connectivity index (χ2v) is 10.5. The summed E-state index contributed by atoms with van der Waals surface area (Å²) in [7, 11) is 0. The molecule has 0 saturated heterocycles. The number of hydrogen-bond acceptors (Lipinski definition) is 2. The molecule has 0 atom stereocenters. The monoisotopic (exact) mass is 530 g/mol.